The zero-order valence-electron chi connectivity index (χ0n) is 30.2. The maximum Gasteiger partial charge on any atom is 0.469 e. The third-order valence-electron chi connectivity index (χ3n) is 8.22. The molecule has 1 unspecified atom stereocenters. The summed E-state index contributed by atoms with van der Waals surface area (Å²) in [5.74, 6) is -0.890. The number of ether oxygens (including phenoxy) is 2. The second kappa shape index (κ2) is 34.4. The van der Waals surface area contributed by atoms with Gasteiger partial charge in [0.25, 0.3) is 0 Å². The summed E-state index contributed by atoms with van der Waals surface area (Å²) >= 11 is 0. The minimum absolute atomic E-state index is 0.209. The van der Waals surface area contributed by atoms with Crippen molar-refractivity contribution in [3.63, 3.8) is 0 Å². The number of unbranched alkanes of at least 4 members (excludes halogenated alkanes) is 21. The van der Waals surface area contributed by atoms with Crippen LogP contribution in [-0.2, 0) is 28.2 Å². The number of rotatable bonds is 35. The molecule has 0 aliphatic heterocycles. The van der Waals surface area contributed by atoms with Gasteiger partial charge < -0.3 is 19.3 Å². The van der Waals surface area contributed by atoms with Crippen LogP contribution in [0.2, 0.25) is 0 Å². The average molecular weight is 687 g/mol. The van der Waals surface area contributed by atoms with Crippen LogP contribution in [0.3, 0.4) is 0 Å². The molecule has 0 aliphatic rings. The summed E-state index contributed by atoms with van der Waals surface area (Å²) in [5.41, 5.74) is 0. The van der Waals surface area contributed by atoms with Gasteiger partial charge >= 0.3 is 19.8 Å². The molecule has 0 aromatic carbocycles. The van der Waals surface area contributed by atoms with Crippen molar-refractivity contribution < 1.29 is 37.9 Å². The number of carbonyl (C=O) groups excluding carboxylic acids is 2. The Morgan fingerprint density at radius 2 is 0.957 bits per heavy atom. The van der Waals surface area contributed by atoms with Crippen LogP contribution in [0, 0.1) is 0 Å². The van der Waals surface area contributed by atoms with E-state index in [1.807, 2.05) is 0 Å². The summed E-state index contributed by atoms with van der Waals surface area (Å²) in [6.45, 7) is 3.63. The zero-order chi connectivity index (χ0) is 34.7. The molecule has 47 heavy (non-hydrogen) atoms. The number of carbonyl (C=O) groups is 2. The average Bonchev–Trinajstić information content (AvgIpc) is 3.04. The molecule has 1 atom stereocenters. The molecule has 0 spiro atoms. The topological polar surface area (TPSA) is 119 Å². The van der Waals surface area contributed by atoms with Crippen LogP contribution in [-0.4, -0.2) is 41.0 Å². The number of hydrogen-bond acceptors (Lipinski definition) is 6. The third-order valence-corrected chi connectivity index (χ3v) is 8.71. The van der Waals surface area contributed by atoms with Gasteiger partial charge in [-0.3, -0.25) is 14.1 Å². The van der Waals surface area contributed by atoms with Gasteiger partial charge in [-0.2, -0.15) is 0 Å². The third kappa shape index (κ3) is 37.2. The molecule has 0 aliphatic carbocycles. The molecular weight excluding hydrogens is 615 g/mol. The van der Waals surface area contributed by atoms with E-state index in [-0.39, 0.29) is 19.4 Å². The molecule has 9 heteroatoms. The van der Waals surface area contributed by atoms with E-state index in [4.69, 9.17) is 19.3 Å². The van der Waals surface area contributed by atoms with E-state index in [9.17, 15) is 14.2 Å². The van der Waals surface area contributed by atoms with E-state index in [0.717, 1.165) is 51.4 Å². The molecule has 0 heterocycles. The first-order chi connectivity index (χ1) is 22.8. The molecule has 0 aromatic heterocycles. The number of phosphoric acid groups is 1. The number of allylic oxidation sites excluding steroid dienone is 4. The minimum Gasteiger partial charge on any atom is -0.462 e. The molecular formula is C38H71O8P. The van der Waals surface area contributed by atoms with Gasteiger partial charge in [-0.15, -0.1) is 0 Å². The molecule has 8 nitrogen and oxygen atoms in total. The van der Waals surface area contributed by atoms with Crippen LogP contribution in [0.1, 0.15) is 187 Å². The predicted molar refractivity (Wildman–Crippen MR) is 193 cm³/mol. The Kier molecular flexibility index (Phi) is 33.3. The Hall–Kier alpha value is -1.47. The van der Waals surface area contributed by atoms with Crippen molar-refractivity contribution >= 4 is 19.8 Å². The Balaban J connectivity index is 3.87. The summed E-state index contributed by atoms with van der Waals surface area (Å²) < 4.78 is 26.2. The molecule has 0 aromatic rings. The molecule has 0 radical (unpaired) electrons. The smallest absolute Gasteiger partial charge is 0.462 e. The van der Waals surface area contributed by atoms with Crippen molar-refractivity contribution in [3.05, 3.63) is 24.3 Å². The number of hydrogen-bond donors (Lipinski definition) is 2. The molecule has 0 saturated heterocycles. The first-order valence-electron chi connectivity index (χ1n) is 19.1. The first-order valence-corrected chi connectivity index (χ1v) is 20.7. The summed E-state index contributed by atoms with van der Waals surface area (Å²) in [6.07, 6.45) is 37.7. The van der Waals surface area contributed by atoms with Gasteiger partial charge in [0.1, 0.15) is 6.61 Å². The Bertz CT molecular complexity index is 823. The summed E-state index contributed by atoms with van der Waals surface area (Å²) in [5, 5.41) is 0. The predicted octanol–water partition coefficient (Wildman–Crippen LogP) is 11.2. The summed E-state index contributed by atoms with van der Waals surface area (Å²) in [4.78, 5) is 42.5. The van der Waals surface area contributed by atoms with E-state index in [1.165, 1.54) is 103 Å². The lowest BCUT2D eigenvalue weighted by Gasteiger charge is -2.18. The fourth-order valence-corrected chi connectivity index (χ4v) is 5.70. The fourth-order valence-electron chi connectivity index (χ4n) is 5.34. The second-order valence-electron chi connectivity index (χ2n) is 12.9. The van der Waals surface area contributed by atoms with E-state index in [0.29, 0.717) is 6.42 Å². The standard InChI is InChI=1S/C38H71O8P/c1-3-5-7-9-11-13-14-15-16-17-18-19-20-21-22-23-24-25-27-29-31-33-38(40)46-36(35-45-47(41,42)43)34-44-37(39)32-30-28-26-12-10-8-6-4-2/h14-15,17-18,36H,3-13,16,19-35H2,1-2H3,(H2,41,42,43)/b15-14-,18-17-. The lowest BCUT2D eigenvalue weighted by molar-refractivity contribution is -0.161. The van der Waals surface area contributed by atoms with E-state index in [1.54, 1.807) is 0 Å². The van der Waals surface area contributed by atoms with E-state index < -0.39 is 32.5 Å². The van der Waals surface area contributed by atoms with E-state index in [2.05, 4.69) is 42.7 Å². The van der Waals surface area contributed by atoms with Crippen LogP contribution >= 0.6 is 7.82 Å². The molecule has 2 N–H and O–H groups in total. The zero-order valence-corrected chi connectivity index (χ0v) is 31.1. The van der Waals surface area contributed by atoms with Crippen molar-refractivity contribution in [2.45, 2.75) is 193 Å². The molecule has 276 valence electrons. The largest absolute Gasteiger partial charge is 0.469 e. The van der Waals surface area contributed by atoms with Gasteiger partial charge in [0.05, 0.1) is 6.61 Å². The van der Waals surface area contributed by atoms with Gasteiger partial charge in [0.15, 0.2) is 6.10 Å². The SMILES string of the molecule is CCCCCCC/C=C\C/C=C\CCCCCCCCCCCC(=O)OC(COC(=O)CCCCCCCCCC)COP(=O)(O)O. The minimum atomic E-state index is -4.74. The summed E-state index contributed by atoms with van der Waals surface area (Å²) in [6, 6.07) is 0. The Morgan fingerprint density at radius 1 is 0.553 bits per heavy atom. The monoisotopic (exact) mass is 686 g/mol. The Morgan fingerprint density at radius 3 is 1.40 bits per heavy atom. The van der Waals surface area contributed by atoms with E-state index >= 15 is 0 Å². The highest BCUT2D eigenvalue weighted by Crippen LogP contribution is 2.36. The molecule has 0 bridgehead atoms. The fraction of sp³-hybridized carbons (Fsp3) is 0.842. The van der Waals surface area contributed by atoms with Gasteiger partial charge in [0.2, 0.25) is 0 Å². The lowest BCUT2D eigenvalue weighted by Crippen LogP contribution is -2.29. The van der Waals surface area contributed by atoms with Crippen molar-refractivity contribution in [2.75, 3.05) is 13.2 Å². The van der Waals surface area contributed by atoms with Crippen molar-refractivity contribution in [3.8, 4) is 0 Å². The molecule has 0 fully saturated rings. The Labute approximate surface area is 288 Å². The van der Waals surface area contributed by atoms with Crippen LogP contribution < -0.4 is 0 Å². The van der Waals surface area contributed by atoms with Crippen molar-refractivity contribution in [2.24, 2.45) is 0 Å². The van der Waals surface area contributed by atoms with Crippen LogP contribution in [0.4, 0.5) is 0 Å². The number of esters is 2. The maximum absolute atomic E-state index is 12.3. The molecule has 0 amide bonds. The maximum atomic E-state index is 12.3. The normalized spacial score (nSPS) is 12.7. The molecule has 0 saturated carbocycles. The van der Waals surface area contributed by atoms with Crippen molar-refractivity contribution in [1.82, 2.24) is 0 Å². The quantitative estimate of drug-likeness (QED) is 0.0292. The van der Waals surface area contributed by atoms with Gasteiger partial charge in [-0.05, 0) is 44.9 Å². The summed E-state index contributed by atoms with van der Waals surface area (Å²) in [7, 11) is -4.74. The van der Waals surface area contributed by atoms with Crippen LogP contribution in [0.25, 0.3) is 0 Å². The second-order valence-corrected chi connectivity index (χ2v) is 14.1. The van der Waals surface area contributed by atoms with Crippen LogP contribution in [0.15, 0.2) is 24.3 Å². The van der Waals surface area contributed by atoms with Crippen molar-refractivity contribution in [1.29, 1.82) is 0 Å². The van der Waals surface area contributed by atoms with Crippen LogP contribution in [0.5, 0.6) is 0 Å². The highest BCUT2D eigenvalue weighted by atomic mass is 31.2. The van der Waals surface area contributed by atoms with Gasteiger partial charge in [-0.1, -0.05) is 154 Å². The number of phosphoric ester groups is 1. The highest BCUT2D eigenvalue weighted by Gasteiger charge is 2.22. The lowest BCUT2D eigenvalue weighted by atomic mass is 10.1. The first kappa shape index (κ1) is 45.5. The van der Waals surface area contributed by atoms with Gasteiger partial charge in [-0.25, -0.2) is 4.57 Å². The molecule has 0 rings (SSSR count). The van der Waals surface area contributed by atoms with Gasteiger partial charge in [0, 0.05) is 12.8 Å². The highest BCUT2D eigenvalue weighted by molar-refractivity contribution is 7.46.